The van der Waals surface area contributed by atoms with E-state index in [2.05, 4.69) is 25.5 Å². The maximum absolute atomic E-state index is 11.1. The Morgan fingerprint density at radius 3 is 3.12 bits per heavy atom. The number of aromatic nitrogens is 3. The molecule has 0 aliphatic heterocycles. The zero-order chi connectivity index (χ0) is 12.1. The lowest BCUT2D eigenvalue weighted by atomic mass is 10.3. The Balaban J connectivity index is 2.07. The Kier molecular flexibility index (Phi) is 3.25. The molecule has 2 rings (SSSR count). The molecule has 0 aromatic carbocycles. The van der Waals surface area contributed by atoms with Gasteiger partial charge in [0, 0.05) is 29.7 Å². The molecule has 0 aliphatic rings. The number of aromatic amines is 1. The van der Waals surface area contributed by atoms with E-state index < -0.39 is 0 Å². The largest absolute Gasteiger partial charge is 0.291 e. The summed E-state index contributed by atoms with van der Waals surface area (Å²) in [5.41, 5.74) is 3.93. The number of hydrazone groups is 1. The van der Waals surface area contributed by atoms with Crippen molar-refractivity contribution in [2.45, 2.75) is 6.92 Å². The first-order chi connectivity index (χ1) is 8.24. The van der Waals surface area contributed by atoms with Gasteiger partial charge >= 0.3 is 0 Å². The molecule has 0 saturated carbocycles. The summed E-state index contributed by atoms with van der Waals surface area (Å²) >= 11 is 0. The average molecular weight is 229 g/mol. The van der Waals surface area contributed by atoms with Crippen LogP contribution in [0.5, 0.6) is 0 Å². The topological polar surface area (TPSA) is 83.0 Å². The highest BCUT2D eigenvalue weighted by atomic mass is 16.1. The monoisotopic (exact) mass is 229 g/mol. The van der Waals surface area contributed by atoms with Crippen molar-refractivity contribution in [2.24, 2.45) is 5.10 Å². The molecule has 0 unspecified atom stereocenters. The van der Waals surface area contributed by atoms with Gasteiger partial charge in [-0.1, -0.05) is 6.07 Å². The van der Waals surface area contributed by atoms with Gasteiger partial charge in [0.15, 0.2) is 0 Å². The van der Waals surface area contributed by atoms with Gasteiger partial charge in [-0.05, 0) is 13.0 Å². The van der Waals surface area contributed by atoms with Crippen LogP contribution in [0.4, 0.5) is 5.95 Å². The zero-order valence-corrected chi connectivity index (χ0v) is 9.21. The SMILES string of the molecule is Cc1cc(=O)[nH]c(NN=Cc2cccnc2)n1. The second kappa shape index (κ2) is 5.02. The summed E-state index contributed by atoms with van der Waals surface area (Å²) < 4.78 is 0. The van der Waals surface area contributed by atoms with Gasteiger partial charge in [0.05, 0.1) is 6.21 Å². The van der Waals surface area contributed by atoms with Crippen molar-refractivity contribution in [3.8, 4) is 0 Å². The van der Waals surface area contributed by atoms with Gasteiger partial charge < -0.3 is 0 Å². The standard InChI is InChI=1S/C11H11N5O/c1-8-5-10(17)15-11(14-8)16-13-7-9-3-2-4-12-6-9/h2-7H,1H3,(H2,14,15,16,17). The number of rotatable bonds is 3. The van der Waals surface area contributed by atoms with Crippen LogP contribution in [0.2, 0.25) is 0 Å². The van der Waals surface area contributed by atoms with Gasteiger partial charge in [-0.15, -0.1) is 0 Å². The summed E-state index contributed by atoms with van der Waals surface area (Å²) in [7, 11) is 0. The number of anilines is 1. The molecule has 0 atom stereocenters. The van der Waals surface area contributed by atoms with E-state index in [0.29, 0.717) is 11.6 Å². The molecule has 0 radical (unpaired) electrons. The summed E-state index contributed by atoms with van der Waals surface area (Å²) in [6.45, 7) is 1.74. The molecule has 2 aromatic rings. The minimum absolute atomic E-state index is 0.212. The number of hydrogen-bond donors (Lipinski definition) is 2. The number of hydrogen-bond acceptors (Lipinski definition) is 5. The van der Waals surface area contributed by atoms with Crippen molar-refractivity contribution in [3.63, 3.8) is 0 Å². The summed E-state index contributed by atoms with van der Waals surface area (Å²) in [5, 5.41) is 3.95. The summed E-state index contributed by atoms with van der Waals surface area (Å²) in [6, 6.07) is 5.09. The Hall–Kier alpha value is -2.50. The molecule has 0 aliphatic carbocycles. The third kappa shape index (κ3) is 3.23. The van der Waals surface area contributed by atoms with Gasteiger partial charge in [-0.25, -0.2) is 10.4 Å². The van der Waals surface area contributed by atoms with E-state index in [1.807, 2.05) is 12.1 Å². The van der Waals surface area contributed by atoms with Crippen LogP contribution < -0.4 is 11.0 Å². The van der Waals surface area contributed by atoms with Crippen LogP contribution >= 0.6 is 0 Å². The van der Waals surface area contributed by atoms with Crippen LogP contribution in [-0.2, 0) is 0 Å². The van der Waals surface area contributed by atoms with Crippen molar-refractivity contribution in [1.29, 1.82) is 0 Å². The Bertz CT molecular complexity index is 576. The molecule has 6 nitrogen and oxygen atoms in total. The highest BCUT2D eigenvalue weighted by Crippen LogP contribution is 1.96. The molecule has 0 spiro atoms. The average Bonchev–Trinajstić information content (AvgIpc) is 2.29. The molecule has 2 heterocycles. The lowest BCUT2D eigenvalue weighted by molar-refractivity contribution is 1.04. The number of nitrogens with one attached hydrogen (secondary N) is 2. The van der Waals surface area contributed by atoms with Crippen LogP contribution in [0.15, 0.2) is 40.5 Å². The van der Waals surface area contributed by atoms with Crippen molar-refractivity contribution >= 4 is 12.2 Å². The van der Waals surface area contributed by atoms with Crippen molar-refractivity contribution in [1.82, 2.24) is 15.0 Å². The fourth-order valence-corrected chi connectivity index (χ4v) is 1.25. The minimum Gasteiger partial charge on any atom is -0.291 e. The fourth-order valence-electron chi connectivity index (χ4n) is 1.25. The quantitative estimate of drug-likeness (QED) is 0.605. The lowest BCUT2D eigenvalue weighted by Gasteiger charge is -1.99. The highest BCUT2D eigenvalue weighted by molar-refractivity contribution is 5.79. The van der Waals surface area contributed by atoms with Crippen LogP contribution in [0, 0.1) is 6.92 Å². The van der Waals surface area contributed by atoms with Gasteiger partial charge in [0.1, 0.15) is 0 Å². The molecule has 17 heavy (non-hydrogen) atoms. The van der Waals surface area contributed by atoms with E-state index in [0.717, 1.165) is 5.56 Å². The predicted octanol–water partition coefficient (Wildman–Crippen LogP) is 0.919. The smallest absolute Gasteiger partial charge is 0.252 e. The maximum atomic E-state index is 11.1. The molecule has 0 amide bonds. The Morgan fingerprint density at radius 1 is 1.53 bits per heavy atom. The minimum atomic E-state index is -0.212. The van der Waals surface area contributed by atoms with E-state index in [1.165, 1.54) is 6.07 Å². The lowest BCUT2D eigenvalue weighted by Crippen LogP contribution is -2.10. The van der Waals surface area contributed by atoms with Crippen LogP contribution in [-0.4, -0.2) is 21.2 Å². The van der Waals surface area contributed by atoms with E-state index in [9.17, 15) is 4.79 Å². The maximum Gasteiger partial charge on any atom is 0.252 e. The number of aryl methyl sites for hydroxylation is 1. The number of pyridine rings is 1. The molecular weight excluding hydrogens is 218 g/mol. The molecule has 2 N–H and O–H groups in total. The molecule has 2 aromatic heterocycles. The highest BCUT2D eigenvalue weighted by Gasteiger charge is 1.94. The number of H-pyrrole nitrogens is 1. The van der Waals surface area contributed by atoms with Crippen molar-refractivity contribution in [2.75, 3.05) is 5.43 Å². The summed E-state index contributed by atoms with van der Waals surface area (Å²) in [5.74, 6) is 0.315. The van der Waals surface area contributed by atoms with Gasteiger partial charge in [0.2, 0.25) is 5.95 Å². The van der Waals surface area contributed by atoms with E-state index in [4.69, 9.17) is 0 Å². The summed E-state index contributed by atoms with van der Waals surface area (Å²) in [4.78, 5) is 21.7. The third-order valence-electron chi connectivity index (χ3n) is 1.94. The normalized spacial score (nSPS) is 10.6. The second-order valence-electron chi connectivity index (χ2n) is 3.39. The van der Waals surface area contributed by atoms with E-state index >= 15 is 0 Å². The Morgan fingerprint density at radius 2 is 2.41 bits per heavy atom. The van der Waals surface area contributed by atoms with Crippen LogP contribution in [0.25, 0.3) is 0 Å². The van der Waals surface area contributed by atoms with Crippen molar-refractivity contribution in [3.05, 3.63) is 52.2 Å². The number of nitrogens with zero attached hydrogens (tertiary/aromatic N) is 3. The first kappa shape index (κ1) is 11.0. The molecule has 0 fully saturated rings. The molecular formula is C11H11N5O. The van der Waals surface area contributed by atoms with Crippen LogP contribution in [0.1, 0.15) is 11.3 Å². The van der Waals surface area contributed by atoms with Gasteiger partial charge in [-0.3, -0.25) is 14.8 Å². The zero-order valence-electron chi connectivity index (χ0n) is 9.21. The molecule has 0 saturated heterocycles. The molecule has 6 heteroatoms. The first-order valence-electron chi connectivity index (χ1n) is 5.01. The van der Waals surface area contributed by atoms with Gasteiger partial charge in [0.25, 0.3) is 5.56 Å². The van der Waals surface area contributed by atoms with E-state index in [1.54, 1.807) is 25.5 Å². The Labute approximate surface area is 97.5 Å². The van der Waals surface area contributed by atoms with E-state index in [-0.39, 0.29) is 5.56 Å². The van der Waals surface area contributed by atoms with Gasteiger partial charge in [-0.2, -0.15) is 5.10 Å². The second-order valence-corrected chi connectivity index (χ2v) is 3.39. The predicted molar refractivity (Wildman–Crippen MR) is 65.0 cm³/mol. The molecule has 86 valence electrons. The van der Waals surface area contributed by atoms with Crippen molar-refractivity contribution < 1.29 is 0 Å². The fraction of sp³-hybridized carbons (Fsp3) is 0.0909. The third-order valence-corrected chi connectivity index (χ3v) is 1.94. The van der Waals surface area contributed by atoms with Crippen LogP contribution in [0.3, 0.4) is 0 Å². The first-order valence-corrected chi connectivity index (χ1v) is 5.01. The molecule has 0 bridgehead atoms. The summed E-state index contributed by atoms with van der Waals surface area (Å²) in [6.07, 6.45) is 4.96.